The Kier molecular flexibility index (Phi) is 3.34. The summed E-state index contributed by atoms with van der Waals surface area (Å²) in [4.78, 5) is 5.26. The largest absolute Gasteiger partial charge is 0.369 e. The van der Waals surface area contributed by atoms with Crippen molar-refractivity contribution in [3.63, 3.8) is 0 Å². The Morgan fingerprint density at radius 2 is 1.93 bits per heavy atom. The average molecular weight is 209 g/mol. The molecule has 0 unspecified atom stereocenters. The van der Waals surface area contributed by atoms with Gasteiger partial charge in [-0.25, -0.2) is 13.8 Å². The summed E-state index contributed by atoms with van der Waals surface area (Å²) in [6.07, 6.45) is 1.30. The van der Waals surface area contributed by atoms with Crippen LogP contribution in [0.2, 0.25) is 0 Å². The van der Waals surface area contributed by atoms with Crippen LogP contribution in [-0.4, -0.2) is 25.3 Å². The molecule has 0 saturated heterocycles. The summed E-state index contributed by atoms with van der Waals surface area (Å²) in [5.74, 6) is -1.49. The molecule has 1 aromatic rings. The highest BCUT2D eigenvalue weighted by atomic mass is 19.1. The lowest BCUT2D eigenvalue weighted by molar-refractivity contribution is 0.597. The molecule has 0 bridgehead atoms. The third kappa shape index (κ3) is 2.50. The minimum atomic E-state index is -0.773. The summed E-state index contributed by atoms with van der Waals surface area (Å²) < 4.78 is 26.3. The van der Waals surface area contributed by atoms with E-state index in [-0.39, 0.29) is 11.3 Å². The Morgan fingerprint density at radius 1 is 1.33 bits per heavy atom. The van der Waals surface area contributed by atoms with E-state index in [9.17, 15) is 8.78 Å². The lowest BCUT2D eigenvalue weighted by Crippen LogP contribution is -2.07. The van der Waals surface area contributed by atoms with Crippen molar-refractivity contribution in [3.8, 4) is 6.07 Å². The molecule has 0 amide bonds. The smallest absolute Gasteiger partial charge is 0.150 e. The van der Waals surface area contributed by atoms with Crippen molar-refractivity contribution in [2.75, 3.05) is 14.1 Å². The summed E-state index contributed by atoms with van der Waals surface area (Å²) in [5.41, 5.74) is -0.653. The number of benzene rings is 1. The van der Waals surface area contributed by atoms with E-state index >= 15 is 0 Å². The van der Waals surface area contributed by atoms with Gasteiger partial charge in [-0.2, -0.15) is 5.26 Å². The van der Waals surface area contributed by atoms with Crippen LogP contribution in [-0.2, 0) is 0 Å². The molecule has 0 aliphatic rings. The van der Waals surface area contributed by atoms with E-state index in [1.165, 1.54) is 6.34 Å². The molecule has 78 valence electrons. The highest BCUT2D eigenvalue weighted by molar-refractivity contribution is 5.65. The molecule has 0 N–H and O–H groups in total. The fourth-order valence-electron chi connectivity index (χ4n) is 0.947. The summed E-state index contributed by atoms with van der Waals surface area (Å²) in [5, 5.41) is 8.64. The van der Waals surface area contributed by atoms with Gasteiger partial charge in [-0.3, -0.25) is 0 Å². The Labute approximate surface area is 86.3 Å². The summed E-state index contributed by atoms with van der Waals surface area (Å²) in [6, 6.07) is 3.43. The number of nitrogens with zero attached hydrogens (tertiary/aromatic N) is 3. The predicted molar refractivity (Wildman–Crippen MR) is 52.9 cm³/mol. The second-order valence-electron chi connectivity index (χ2n) is 3.07. The Hall–Kier alpha value is -1.96. The number of hydrogen-bond donors (Lipinski definition) is 0. The summed E-state index contributed by atoms with van der Waals surface area (Å²) >= 11 is 0. The Morgan fingerprint density at radius 3 is 2.47 bits per heavy atom. The van der Waals surface area contributed by atoms with E-state index in [1.54, 1.807) is 25.1 Å². The molecule has 15 heavy (non-hydrogen) atoms. The van der Waals surface area contributed by atoms with Gasteiger partial charge in [0.15, 0.2) is 0 Å². The molecule has 0 saturated carbocycles. The van der Waals surface area contributed by atoms with Gasteiger partial charge in [0.25, 0.3) is 0 Å². The normalized spacial score (nSPS) is 10.3. The van der Waals surface area contributed by atoms with Gasteiger partial charge in [-0.15, -0.1) is 0 Å². The van der Waals surface area contributed by atoms with Crippen LogP contribution in [0, 0.1) is 23.0 Å². The number of nitriles is 1. The van der Waals surface area contributed by atoms with Crippen LogP contribution in [0.15, 0.2) is 17.1 Å². The molecule has 0 heterocycles. The van der Waals surface area contributed by atoms with Crippen LogP contribution in [0.1, 0.15) is 5.56 Å². The monoisotopic (exact) mass is 209 g/mol. The minimum Gasteiger partial charge on any atom is -0.369 e. The topological polar surface area (TPSA) is 39.4 Å². The molecule has 5 heteroatoms. The fourth-order valence-corrected chi connectivity index (χ4v) is 0.947. The maximum atomic E-state index is 13.2. The van der Waals surface area contributed by atoms with E-state index < -0.39 is 11.6 Å². The van der Waals surface area contributed by atoms with Gasteiger partial charge < -0.3 is 4.90 Å². The summed E-state index contributed by atoms with van der Waals surface area (Å²) in [7, 11) is 3.37. The third-order valence-electron chi connectivity index (χ3n) is 1.61. The predicted octanol–water partition coefficient (Wildman–Crippen LogP) is 2.06. The van der Waals surface area contributed by atoms with Crippen molar-refractivity contribution >= 4 is 12.0 Å². The lowest BCUT2D eigenvalue weighted by atomic mass is 10.2. The van der Waals surface area contributed by atoms with Crippen LogP contribution in [0.4, 0.5) is 14.5 Å². The van der Waals surface area contributed by atoms with Crippen LogP contribution < -0.4 is 0 Å². The molecule has 0 aliphatic heterocycles. The molecule has 3 nitrogen and oxygen atoms in total. The number of rotatable bonds is 2. The summed E-state index contributed by atoms with van der Waals surface area (Å²) in [6.45, 7) is 0. The number of aliphatic imine (C=N–C) groups is 1. The first-order valence-corrected chi connectivity index (χ1v) is 4.15. The molecule has 0 atom stereocenters. The molecular formula is C10H9F2N3. The van der Waals surface area contributed by atoms with Crippen LogP contribution in [0.25, 0.3) is 0 Å². The quantitative estimate of drug-likeness (QED) is 0.552. The van der Waals surface area contributed by atoms with E-state index in [0.29, 0.717) is 0 Å². The first-order chi connectivity index (χ1) is 7.06. The first kappa shape index (κ1) is 11.1. The van der Waals surface area contributed by atoms with E-state index in [2.05, 4.69) is 4.99 Å². The minimum absolute atomic E-state index is 0.272. The Balaban J connectivity index is 3.27. The maximum Gasteiger partial charge on any atom is 0.150 e. The van der Waals surface area contributed by atoms with Gasteiger partial charge >= 0.3 is 0 Å². The van der Waals surface area contributed by atoms with Crippen molar-refractivity contribution in [2.24, 2.45) is 4.99 Å². The van der Waals surface area contributed by atoms with Crippen LogP contribution in [0.5, 0.6) is 0 Å². The fraction of sp³-hybridized carbons (Fsp3) is 0.200. The van der Waals surface area contributed by atoms with Crippen molar-refractivity contribution < 1.29 is 8.78 Å². The van der Waals surface area contributed by atoms with E-state index in [0.717, 1.165) is 12.1 Å². The van der Waals surface area contributed by atoms with Gasteiger partial charge in [0.2, 0.25) is 0 Å². The Bertz CT molecular complexity index is 433. The highest BCUT2D eigenvalue weighted by Crippen LogP contribution is 2.24. The zero-order valence-electron chi connectivity index (χ0n) is 8.33. The molecular weight excluding hydrogens is 200 g/mol. The highest BCUT2D eigenvalue weighted by Gasteiger charge is 2.12. The number of halogens is 2. The van der Waals surface area contributed by atoms with E-state index in [4.69, 9.17) is 5.26 Å². The first-order valence-electron chi connectivity index (χ1n) is 4.15. The van der Waals surface area contributed by atoms with Crippen LogP contribution >= 0.6 is 0 Å². The molecule has 0 fully saturated rings. The second kappa shape index (κ2) is 4.51. The van der Waals surface area contributed by atoms with Crippen molar-refractivity contribution in [2.45, 2.75) is 0 Å². The standard InChI is InChI=1S/C10H9F2N3/c1-15(2)6-14-10-7(5-13)8(11)3-4-9(10)12/h3-4,6H,1-2H3. The SMILES string of the molecule is CN(C)C=Nc1c(F)ccc(F)c1C#N. The molecule has 0 radical (unpaired) electrons. The maximum absolute atomic E-state index is 13.2. The van der Waals surface area contributed by atoms with Crippen molar-refractivity contribution in [1.82, 2.24) is 4.90 Å². The van der Waals surface area contributed by atoms with Crippen molar-refractivity contribution in [1.29, 1.82) is 5.26 Å². The average Bonchev–Trinajstić information content (AvgIpc) is 2.19. The molecule has 0 aromatic heterocycles. The molecule has 1 aromatic carbocycles. The second-order valence-corrected chi connectivity index (χ2v) is 3.07. The van der Waals surface area contributed by atoms with Gasteiger partial charge in [-0.05, 0) is 12.1 Å². The molecule has 0 aliphatic carbocycles. The van der Waals surface area contributed by atoms with Crippen molar-refractivity contribution in [3.05, 3.63) is 29.3 Å². The van der Waals surface area contributed by atoms with Crippen LogP contribution in [0.3, 0.4) is 0 Å². The van der Waals surface area contributed by atoms with E-state index in [1.807, 2.05) is 0 Å². The third-order valence-corrected chi connectivity index (χ3v) is 1.61. The lowest BCUT2D eigenvalue weighted by Gasteiger charge is -2.04. The number of hydrogen-bond acceptors (Lipinski definition) is 2. The van der Waals surface area contributed by atoms with Gasteiger partial charge in [0.05, 0.1) is 6.34 Å². The van der Waals surface area contributed by atoms with Gasteiger partial charge in [-0.1, -0.05) is 0 Å². The molecule has 1 rings (SSSR count). The zero-order valence-corrected chi connectivity index (χ0v) is 8.33. The van der Waals surface area contributed by atoms with Gasteiger partial charge in [0, 0.05) is 14.1 Å². The zero-order chi connectivity index (χ0) is 11.4. The molecule has 0 spiro atoms. The van der Waals surface area contributed by atoms with Gasteiger partial charge in [0.1, 0.15) is 29.0 Å².